The van der Waals surface area contributed by atoms with Gasteiger partial charge in [-0.05, 0) is 30.3 Å². The number of anilines is 1. The van der Waals surface area contributed by atoms with Gasteiger partial charge < -0.3 is 15.1 Å². The lowest BCUT2D eigenvalue weighted by atomic mass is 10.2. The van der Waals surface area contributed by atoms with E-state index >= 15 is 0 Å². The zero-order valence-corrected chi connectivity index (χ0v) is 12.9. The van der Waals surface area contributed by atoms with Crippen LogP contribution in [0.3, 0.4) is 0 Å². The van der Waals surface area contributed by atoms with Crippen molar-refractivity contribution in [1.29, 1.82) is 0 Å². The molecule has 1 aromatic heterocycles. The SMILES string of the molecule is CNC(=O)c1cccc(NC(=O)Cn2c(=O)oc3ccccc32)c1. The lowest BCUT2D eigenvalue weighted by molar-refractivity contribution is -0.116. The third-order valence-corrected chi connectivity index (χ3v) is 3.51. The first-order chi connectivity index (χ1) is 11.6. The van der Waals surface area contributed by atoms with Gasteiger partial charge in [0.15, 0.2) is 5.58 Å². The number of para-hydroxylation sites is 2. The van der Waals surface area contributed by atoms with Crippen molar-refractivity contribution in [2.45, 2.75) is 6.54 Å². The molecule has 0 saturated heterocycles. The second-order valence-electron chi connectivity index (χ2n) is 5.13. The Morgan fingerprint density at radius 3 is 2.71 bits per heavy atom. The van der Waals surface area contributed by atoms with Crippen LogP contribution in [0.1, 0.15) is 10.4 Å². The molecular weight excluding hydrogens is 310 g/mol. The van der Waals surface area contributed by atoms with Gasteiger partial charge in [0.1, 0.15) is 6.54 Å². The fraction of sp³-hybridized carbons (Fsp3) is 0.118. The van der Waals surface area contributed by atoms with Crippen molar-refractivity contribution in [1.82, 2.24) is 9.88 Å². The zero-order chi connectivity index (χ0) is 17.1. The Kier molecular flexibility index (Phi) is 4.15. The molecule has 0 radical (unpaired) electrons. The smallest absolute Gasteiger partial charge is 0.408 e. The fourth-order valence-corrected chi connectivity index (χ4v) is 2.39. The highest BCUT2D eigenvalue weighted by Gasteiger charge is 2.13. The maximum atomic E-state index is 12.2. The molecule has 0 bridgehead atoms. The van der Waals surface area contributed by atoms with Gasteiger partial charge in [-0.25, -0.2) is 4.79 Å². The van der Waals surface area contributed by atoms with Gasteiger partial charge >= 0.3 is 5.76 Å². The van der Waals surface area contributed by atoms with Crippen LogP contribution in [-0.4, -0.2) is 23.4 Å². The zero-order valence-electron chi connectivity index (χ0n) is 12.9. The van der Waals surface area contributed by atoms with E-state index in [0.29, 0.717) is 22.4 Å². The lowest BCUT2D eigenvalue weighted by Gasteiger charge is -2.07. The molecule has 24 heavy (non-hydrogen) atoms. The average molecular weight is 325 g/mol. The summed E-state index contributed by atoms with van der Waals surface area (Å²) in [5, 5.41) is 5.19. The normalized spacial score (nSPS) is 10.5. The minimum Gasteiger partial charge on any atom is -0.408 e. The van der Waals surface area contributed by atoms with Crippen molar-refractivity contribution in [2.75, 3.05) is 12.4 Å². The van der Waals surface area contributed by atoms with E-state index in [2.05, 4.69) is 10.6 Å². The minimum atomic E-state index is -0.592. The molecule has 0 aliphatic carbocycles. The maximum Gasteiger partial charge on any atom is 0.420 e. The Hall–Kier alpha value is -3.35. The first-order valence-corrected chi connectivity index (χ1v) is 7.29. The standard InChI is InChI=1S/C17H15N3O4/c1-18-16(22)11-5-4-6-12(9-11)19-15(21)10-20-13-7-2-3-8-14(13)24-17(20)23/h2-9H,10H2,1H3,(H,18,22)(H,19,21). The Labute approximate surface area is 136 Å². The summed E-state index contributed by atoms with van der Waals surface area (Å²) in [7, 11) is 1.53. The number of carbonyl (C=O) groups is 2. The number of aromatic nitrogens is 1. The molecule has 7 nitrogen and oxygen atoms in total. The Morgan fingerprint density at radius 2 is 1.92 bits per heavy atom. The molecule has 2 amide bonds. The van der Waals surface area contributed by atoms with E-state index < -0.39 is 11.7 Å². The molecule has 3 aromatic rings. The van der Waals surface area contributed by atoms with E-state index in [0.717, 1.165) is 0 Å². The number of hydrogen-bond donors (Lipinski definition) is 2. The van der Waals surface area contributed by atoms with Crippen molar-refractivity contribution in [3.05, 3.63) is 64.6 Å². The predicted molar refractivity (Wildman–Crippen MR) is 88.9 cm³/mol. The number of amides is 2. The van der Waals surface area contributed by atoms with E-state index in [1.165, 1.54) is 11.6 Å². The van der Waals surface area contributed by atoms with E-state index in [4.69, 9.17) is 4.42 Å². The van der Waals surface area contributed by atoms with Crippen LogP contribution >= 0.6 is 0 Å². The van der Waals surface area contributed by atoms with Gasteiger partial charge in [-0.1, -0.05) is 18.2 Å². The van der Waals surface area contributed by atoms with E-state index in [9.17, 15) is 14.4 Å². The van der Waals surface area contributed by atoms with Gasteiger partial charge in [0.2, 0.25) is 5.91 Å². The van der Waals surface area contributed by atoms with Gasteiger partial charge in [-0.2, -0.15) is 0 Å². The van der Waals surface area contributed by atoms with Crippen LogP contribution in [0.25, 0.3) is 11.1 Å². The first kappa shape index (κ1) is 15.5. The van der Waals surface area contributed by atoms with Crippen molar-refractivity contribution >= 4 is 28.6 Å². The first-order valence-electron chi connectivity index (χ1n) is 7.29. The van der Waals surface area contributed by atoms with Crippen LogP contribution in [0, 0.1) is 0 Å². The van der Waals surface area contributed by atoms with Gasteiger partial charge in [-0.15, -0.1) is 0 Å². The summed E-state index contributed by atoms with van der Waals surface area (Å²) in [5.41, 5.74) is 1.89. The van der Waals surface area contributed by atoms with Gasteiger partial charge in [0.05, 0.1) is 5.52 Å². The van der Waals surface area contributed by atoms with Crippen molar-refractivity contribution < 1.29 is 14.0 Å². The van der Waals surface area contributed by atoms with Crippen LogP contribution < -0.4 is 16.4 Å². The second-order valence-corrected chi connectivity index (χ2v) is 5.13. The van der Waals surface area contributed by atoms with Gasteiger partial charge in [-0.3, -0.25) is 14.2 Å². The molecule has 2 N–H and O–H groups in total. The summed E-state index contributed by atoms with van der Waals surface area (Å²) in [6.07, 6.45) is 0. The van der Waals surface area contributed by atoms with Crippen LogP contribution in [0.4, 0.5) is 5.69 Å². The molecule has 0 unspecified atom stereocenters. The van der Waals surface area contributed by atoms with E-state index in [1.807, 2.05) is 0 Å². The summed E-state index contributed by atoms with van der Waals surface area (Å²) in [6, 6.07) is 13.4. The molecule has 0 aliphatic heterocycles. The summed E-state index contributed by atoms with van der Waals surface area (Å²) in [5.74, 6) is -1.23. The molecule has 7 heteroatoms. The molecule has 0 saturated carbocycles. The second kappa shape index (κ2) is 6.41. The molecule has 0 spiro atoms. The van der Waals surface area contributed by atoms with Crippen LogP contribution in [0.2, 0.25) is 0 Å². The molecule has 1 heterocycles. The fourth-order valence-electron chi connectivity index (χ4n) is 2.39. The lowest BCUT2D eigenvalue weighted by Crippen LogP contribution is -2.25. The van der Waals surface area contributed by atoms with Crippen molar-refractivity contribution in [3.8, 4) is 0 Å². The summed E-state index contributed by atoms with van der Waals surface area (Å²) >= 11 is 0. The van der Waals surface area contributed by atoms with Gasteiger partial charge in [0.25, 0.3) is 5.91 Å². The number of carbonyl (C=O) groups excluding carboxylic acids is 2. The van der Waals surface area contributed by atoms with Crippen LogP contribution in [0.15, 0.2) is 57.7 Å². The third kappa shape index (κ3) is 3.05. The highest BCUT2D eigenvalue weighted by Crippen LogP contribution is 2.13. The highest BCUT2D eigenvalue weighted by atomic mass is 16.4. The predicted octanol–water partition coefficient (Wildman–Crippen LogP) is 1.59. The Balaban J connectivity index is 1.79. The number of oxazole rings is 1. The van der Waals surface area contributed by atoms with Crippen LogP contribution in [0.5, 0.6) is 0 Å². The number of rotatable bonds is 4. The van der Waals surface area contributed by atoms with E-state index in [-0.39, 0.29) is 12.5 Å². The highest BCUT2D eigenvalue weighted by molar-refractivity contribution is 5.97. The number of hydrogen-bond acceptors (Lipinski definition) is 4. The Morgan fingerprint density at radius 1 is 1.12 bits per heavy atom. The number of nitrogens with one attached hydrogen (secondary N) is 2. The van der Waals surface area contributed by atoms with Gasteiger partial charge in [0, 0.05) is 18.3 Å². The number of benzene rings is 2. The molecule has 0 atom stereocenters. The molecule has 0 aliphatic rings. The molecular formula is C17H15N3O4. The topological polar surface area (TPSA) is 93.3 Å². The number of fused-ring (bicyclic) bond motifs is 1. The molecule has 122 valence electrons. The number of nitrogens with zero attached hydrogens (tertiary/aromatic N) is 1. The summed E-state index contributed by atoms with van der Waals surface area (Å²) in [4.78, 5) is 35.7. The summed E-state index contributed by atoms with van der Waals surface area (Å²) in [6.45, 7) is -0.181. The third-order valence-electron chi connectivity index (χ3n) is 3.51. The van der Waals surface area contributed by atoms with E-state index in [1.54, 1.807) is 48.5 Å². The quantitative estimate of drug-likeness (QED) is 0.762. The molecule has 3 rings (SSSR count). The average Bonchev–Trinajstić information content (AvgIpc) is 2.90. The minimum absolute atomic E-state index is 0.181. The van der Waals surface area contributed by atoms with Crippen LogP contribution in [-0.2, 0) is 11.3 Å². The molecule has 2 aromatic carbocycles. The maximum absolute atomic E-state index is 12.2. The van der Waals surface area contributed by atoms with Crippen molar-refractivity contribution in [2.24, 2.45) is 0 Å². The molecule has 0 fully saturated rings. The van der Waals surface area contributed by atoms with Crippen molar-refractivity contribution in [3.63, 3.8) is 0 Å². The largest absolute Gasteiger partial charge is 0.420 e. The summed E-state index contributed by atoms with van der Waals surface area (Å²) < 4.78 is 6.35. The monoisotopic (exact) mass is 325 g/mol. The Bertz CT molecular complexity index is 971.